The molecule has 2 aliphatic rings. The molecule has 0 saturated carbocycles. The molecule has 2 rings (SSSR count). The van der Waals surface area contributed by atoms with E-state index in [0.717, 1.165) is 25.1 Å². The number of fused-ring (bicyclic) bond motifs is 1. The Hall–Kier alpha value is -1.31. The Bertz CT molecular complexity index is 440. The van der Waals surface area contributed by atoms with Crippen molar-refractivity contribution in [3.8, 4) is 0 Å². The van der Waals surface area contributed by atoms with E-state index in [0.29, 0.717) is 5.92 Å². The lowest BCUT2D eigenvalue weighted by molar-refractivity contribution is 0.538. The first-order valence-corrected chi connectivity index (χ1v) is 8.16. The zero-order valence-electron chi connectivity index (χ0n) is 13.0. The minimum Gasteiger partial charge on any atom is -0.358 e. The molecule has 0 saturated heterocycles. The molecule has 110 valence electrons. The van der Waals surface area contributed by atoms with E-state index in [2.05, 4.69) is 37.9 Å². The Kier molecular flexibility index (Phi) is 5.63. The summed E-state index contributed by atoms with van der Waals surface area (Å²) in [5.74, 6) is 0.611. The van der Waals surface area contributed by atoms with Crippen LogP contribution in [0.4, 0.5) is 0 Å². The third-order valence-corrected chi connectivity index (χ3v) is 4.11. The fourth-order valence-corrected chi connectivity index (χ4v) is 3.10. The summed E-state index contributed by atoms with van der Waals surface area (Å²) in [6.07, 6.45) is 13.2. The third kappa shape index (κ3) is 3.62. The van der Waals surface area contributed by atoms with Crippen LogP contribution in [-0.4, -0.2) is 12.3 Å². The normalized spacial score (nSPS) is 20.1. The van der Waals surface area contributed by atoms with Crippen LogP contribution in [0.1, 0.15) is 58.8 Å². The molecule has 0 fully saturated rings. The summed E-state index contributed by atoms with van der Waals surface area (Å²) in [6, 6.07) is 0. The first-order chi connectivity index (χ1) is 9.76. The molecule has 0 aromatic carbocycles. The molecule has 2 nitrogen and oxygen atoms in total. The highest BCUT2D eigenvalue weighted by Crippen LogP contribution is 2.29. The van der Waals surface area contributed by atoms with Gasteiger partial charge in [0.25, 0.3) is 0 Å². The Balaban J connectivity index is 2.26. The first-order valence-electron chi connectivity index (χ1n) is 8.16. The predicted octanol–water partition coefficient (Wildman–Crippen LogP) is 4.75. The highest BCUT2D eigenvalue weighted by atomic mass is 15.0. The number of hydrogen-bond acceptors (Lipinski definition) is 2. The SMILES string of the molecule is C=C1CN=C(C(CCC)CCCC)C2=CCCC=C2N1. The van der Waals surface area contributed by atoms with E-state index in [9.17, 15) is 0 Å². The van der Waals surface area contributed by atoms with Gasteiger partial charge >= 0.3 is 0 Å². The van der Waals surface area contributed by atoms with E-state index in [-0.39, 0.29) is 0 Å². The largest absolute Gasteiger partial charge is 0.358 e. The molecule has 0 spiro atoms. The van der Waals surface area contributed by atoms with Gasteiger partial charge in [0.2, 0.25) is 0 Å². The minimum atomic E-state index is 0.611. The van der Waals surface area contributed by atoms with E-state index in [4.69, 9.17) is 4.99 Å². The zero-order valence-corrected chi connectivity index (χ0v) is 13.0. The van der Waals surface area contributed by atoms with Gasteiger partial charge < -0.3 is 5.32 Å². The second-order valence-corrected chi connectivity index (χ2v) is 5.87. The van der Waals surface area contributed by atoms with Crippen LogP contribution in [0.25, 0.3) is 0 Å². The standard InChI is InChI=1S/C18H28N2/c1-4-6-10-15(9-5-2)18-16-11-7-8-12-17(16)20-14(3)13-19-18/h11-12,15,20H,3-10,13H2,1-2H3. The molecule has 1 heterocycles. The maximum Gasteiger partial charge on any atom is 0.0787 e. The van der Waals surface area contributed by atoms with Crippen LogP contribution in [0, 0.1) is 5.92 Å². The lowest BCUT2D eigenvalue weighted by Crippen LogP contribution is -2.22. The Morgan fingerprint density at radius 3 is 2.75 bits per heavy atom. The van der Waals surface area contributed by atoms with Gasteiger partial charge in [-0.1, -0.05) is 51.8 Å². The summed E-state index contributed by atoms with van der Waals surface area (Å²) < 4.78 is 0. The molecule has 20 heavy (non-hydrogen) atoms. The summed E-state index contributed by atoms with van der Waals surface area (Å²) in [4.78, 5) is 4.91. The zero-order chi connectivity index (χ0) is 14.4. The summed E-state index contributed by atoms with van der Waals surface area (Å²) in [5, 5.41) is 3.45. The number of unbranched alkanes of at least 4 members (excludes halogenated alkanes) is 1. The number of hydrogen-bond donors (Lipinski definition) is 1. The van der Waals surface area contributed by atoms with Crippen molar-refractivity contribution < 1.29 is 0 Å². The van der Waals surface area contributed by atoms with Gasteiger partial charge in [-0.25, -0.2) is 0 Å². The number of nitrogens with one attached hydrogen (secondary N) is 1. The van der Waals surface area contributed by atoms with Crippen LogP contribution < -0.4 is 5.32 Å². The Morgan fingerprint density at radius 2 is 2.00 bits per heavy atom. The van der Waals surface area contributed by atoms with Gasteiger partial charge in [0.15, 0.2) is 0 Å². The quantitative estimate of drug-likeness (QED) is 0.741. The maximum atomic E-state index is 4.91. The predicted molar refractivity (Wildman–Crippen MR) is 87.9 cm³/mol. The highest BCUT2D eigenvalue weighted by Gasteiger charge is 2.24. The van der Waals surface area contributed by atoms with Crippen LogP contribution >= 0.6 is 0 Å². The molecular weight excluding hydrogens is 244 g/mol. The summed E-state index contributed by atoms with van der Waals surface area (Å²) in [7, 11) is 0. The molecule has 1 aliphatic heterocycles. The van der Waals surface area contributed by atoms with Gasteiger partial charge in [-0.2, -0.15) is 0 Å². The molecule has 1 aliphatic carbocycles. The van der Waals surface area contributed by atoms with Crippen LogP contribution in [0.2, 0.25) is 0 Å². The number of nitrogens with zero attached hydrogens (tertiary/aromatic N) is 1. The van der Waals surface area contributed by atoms with Crippen LogP contribution in [0.3, 0.4) is 0 Å². The topological polar surface area (TPSA) is 24.4 Å². The van der Waals surface area contributed by atoms with Crippen molar-refractivity contribution in [1.29, 1.82) is 0 Å². The van der Waals surface area contributed by atoms with E-state index in [1.807, 2.05) is 0 Å². The smallest absolute Gasteiger partial charge is 0.0787 e. The van der Waals surface area contributed by atoms with Crippen molar-refractivity contribution in [3.63, 3.8) is 0 Å². The Labute approximate surface area is 123 Å². The highest BCUT2D eigenvalue weighted by molar-refractivity contribution is 6.06. The van der Waals surface area contributed by atoms with E-state index in [1.165, 1.54) is 49.1 Å². The van der Waals surface area contributed by atoms with Gasteiger partial charge in [-0.15, -0.1) is 0 Å². The van der Waals surface area contributed by atoms with E-state index in [1.54, 1.807) is 0 Å². The van der Waals surface area contributed by atoms with Crippen molar-refractivity contribution >= 4 is 5.71 Å². The molecule has 1 unspecified atom stereocenters. The van der Waals surface area contributed by atoms with Crippen LogP contribution in [0.5, 0.6) is 0 Å². The Morgan fingerprint density at radius 1 is 1.20 bits per heavy atom. The second kappa shape index (κ2) is 7.47. The van der Waals surface area contributed by atoms with Gasteiger partial charge in [-0.05, 0) is 25.7 Å². The fourth-order valence-electron chi connectivity index (χ4n) is 3.10. The van der Waals surface area contributed by atoms with Crippen molar-refractivity contribution in [2.45, 2.75) is 58.8 Å². The average Bonchev–Trinajstić information content (AvgIpc) is 2.62. The molecule has 0 radical (unpaired) electrons. The van der Waals surface area contributed by atoms with Crippen molar-refractivity contribution in [1.82, 2.24) is 5.32 Å². The van der Waals surface area contributed by atoms with Gasteiger partial charge in [-0.3, -0.25) is 4.99 Å². The number of aliphatic imine (C=N–C) groups is 1. The average molecular weight is 272 g/mol. The number of allylic oxidation sites excluding steroid dienone is 3. The molecular formula is C18H28N2. The van der Waals surface area contributed by atoms with E-state index < -0.39 is 0 Å². The number of rotatable bonds is 6. The fraction of sp³-hybridized carbons (Fsp3) is 0.611. The van der Waals surface area contributed by atoms with Gasteiger partial charge in [0.05, 0.1) is 6.54 Å². The van der Waals surface area contributed by atoms with Gasteiger partial charge in [0.1, 0.15) is 0 Å². The van der Waals surface area contributed by atoms with Crippen LogP contribution in [-0.2, 0) is 0 Å². The minimum absolute atomic E-state index is 0.611. The van der Waals surface area contributed by atoms with E-state index >= 15 is 0 Å². The molecule has 1 N–H and O–H groups in total. The molecule has 0 aromatic heterocycles. The van der Waals surface area contributed by atoms with Gasteiger partial charge in [0, 0.05) is 28.6 Å². The summed E-state index contributed by atoms with van der Waals surface area (Å²) in [6.45, 7) is 9.35. The van der Waals surface area contributed by atoms with Crippen molar-refractivity contribution in [2.75, 3.05) is 6.54 Å². The van der Waals surface area contributed by atoms with Crippen molar-refractivity contribution in [2.24, 2.45) is 10.9 Å². The molecule has 0 bridgehead atoms. The third-order valence-electron chi connectivity index (χ3n) is 4.11. The lowest BCUT2D eigenvalue weighted by Gasteiger charge is -2.23. The molecule has 0 amide bonds. The first kappa shape index (κ1) is 15.1. The molecule has 1 atom stereocenters. The summed E-state index contributed by atoms with van der Waals surface area (Å²) in [5.41, 5.74) is 4.95. The lowest BCUT2D eigenvalue weighted by atomic mass is 9.85. The molecule has 0 aromatic rings. The summed E-state index contributed by atoms with van der Waals surface area (Å²) >= 11 is 0. The van der Waals surface area contributed by atoms with Crippen molar-refractivity contribution in [3.05, 3.63) is 35.7 Å². The van der Waals surface area contributed by atoms with Crippen LogP contribution in [0.15, 0.2) is 40.7 Å². The monoisotopic (exact) mass is 272 g/mol. The second-order valence-electron chi connectivity index (χ2n) is 5.87. The maximum absolute atomic E-state index is 4.91. The molecule has 2 heteroatoms.